The van der Waals surface area contributed by atoms with Crippen molar-refractivity contribution in [1.82, 2.24) is 14.9 Å². The van der Waals surface area contributed by atoms with Crippen LogP contribution in [0.25, 0.3) is 0 Å². The summed E-state index contributed by atoms with van der Waals surface area (Å²) in [7, 11) is 0. The van der Waals surface area contributed by atoms with Gasteiger partial charge in [-0.05, 0) is 50.7 Å². The molecule has 0 unspecified atom stereocenters. The van der Waals surface area contributed by atoms with E-state index in [-0.39, 0.29) is 11.8 Å². The Morgan fingerprint density at radius 2 is 1.74 bits per heavy atom. The third kappa shape index (κ3) is 6.48. The third-order valence-corrected chi connectivity index (χ3v) is 6.37. The van der Waals surface area contributed by atoms with Crippen LogP contribution in [0.15, 0.2) is 30.5 Å². The normalized spacial score (nSPS) is 17.3. The SMILES string of the molecule is CC(C)(C)OC(=O)N1CCC(c2ccc(Cc3nc(N4CCOCC4)cnc3C(N)=O)cc2)CC1. The summed E-state index contributed by atoms with van der Waals surface area (Å²) in [6.07, 6.45) is 3.65. The number of primary amides is 1. The van der Waals surface area contributed by atoms with Crippen LogP contribution in [0.2, 0.25) is 0 Å². The molecule has 2 aliphatic rings. The number of likely N-dealkylation sites (tertiary alicyclic amines) is 1. The van der Waals surface area contributed by atoms with Gasteiger partial charge in [0.2, 0.25) is 0 Å². The Hall–Kier alpha value is -3.20. The molecule has 2 aromatic rings. The minimum Gasteiger partial charge on any atom is -0.444 e. The van der Waals surface area contributed by atoms with E-state index in [1.165, 1.54) is 5.56 Å². The fourth-order valence-corrected chi connectivity index (χ4v) is 4.51. The summed E-state index contributed by atoms with van der Waals surface area (Å²) in [6, 6.07) is 8.41. The van der Waals surface area contributed by atoms with E-state index in [4.69, 9.17) is 20.2 Å². The first kappa shape index (κ1) is 24.9. The number of piperidine rings is 1. The molecule has 1 aromatic heterocycles. The number of hydrogen-bond donors (Lipinski definition) is 1. The summed E-state index contributed by atoms with van der Waals surface area (Å²) in [5.74, 6) is 0.560. The monoisotopic (exact) mass is 481 g/mol. The highest BCUT2D eigenvalue weighted by atomic mass is 16.6. The number of aromatic nitrogens is 2. The fourth-order valence-electron chi connectivity index (χ4n) is 4.51. The van der Waals surface area contributed by atoms with E-state index >= 15 is 0 Å². The summed E-state index contributed by atoms with van der Waals surface area (Å²) in [5, 5.41) is 0. The van der Waals surface area contributed by atoms with Crippen molar-refractivity contribution in [2.45, 2.75) is 51.6 Å². The first-order valence-corrected chi connectivity index (χ1v) is 12.2. The maximum Gasteiger partial charge on any atom is 0.410 e. The van der Waals surface area contributed by atoms with Crippen LogP contribution in [0.4, 0.5) is 10.6 Å². The number of benzene rings is 1. The molecule has 35 heavy (non-hydrogen) atoms. The predicted molar refractivity (Wildman–Crippen MR) is 133 cm³/mol. The van der Waals surface area contributed by atoms with E-state index in [1.807, 2.05) is 20.8 Å². The number of nitrogens with two attached hydrogens (primary N) is 1. The molecule has 0 bridgehead atoms. The molecule has 0 saturated carbocycles. The van der Waals surface area contributed by atoms with Crippen LogP contribution in [0.3, 0.4) is 0 Å². The van der Waals surface area contributed by atoms with Crippen LogP contribution in [-0.2, 0) is 15.9 Å². The standard InChI is InChI=1S/C26H35N5O4/c1-26(2,3)35-25(33)31-10-8-20(9-11-31)19-6-4-18(5-7-19)16-21-23(24(27)32)28-17-22(29-21)30-12-14-34-15-13-30/h4-7,17,20H,8-16H2,1-3H3,(H2,27,32). The lowest BCUT2D eigenvalue weighted by molar-refractivity contribution is 0.0204. The van der Waals surface area contributed by atoms with Crippen molar-refractivity contribution in [3.8, 4) is 0 Å². The second-order valence-electron chi connectivity index (χ2n) is 10.1. The van der Waals surface area contributed by atoms with Crippen molar-refractivity contribution in [2.75, 3.05) is 44.3 Å². The topological polar surface area (TPSA) is 111 Å². The van der Waals surface area contributed by atoms with E-state index in [9.17, 15) is 9.59 Å². The predicted octanol–water partition coefficient (Wildman–Crippen LogP) is 3.12. The third-order valence-electron chi connectivity index (χ3n) is 6.37. The van der Waals surface area contributed by atoms with Gasteiger partial charge < -0.3 is 25.0 Å². The van der Waals surface area contributed by atoms with E-state index in [1.54, 1.807) is 11.1 Å². The molecular weight excluding hydrogens is 446 g/mol. The number of amides is 2. The van der Waals surface area contributed by atoms with Gasteiger partial charge in [0, 0.05) is 32.6 Å². The van der Waals surface area contributed by atoms with Gasteiger partial charge >= 0.3 is 6.09 Å². The molecule has 0 atom stereocenters. The molecule has 188 valence electrons. The van der Waals surface area contributed by atoms with E-state index in [0.29, 0.717) is 44.3 Å². The van der Waals surface area contributed by atoms with Crippen LogP contribution in [-0.4, -0.2) is 71.9 Å². The van der Waals surface area contributed by atoms with Gasteiger partial charge in [-0.15, -0.1) is 0 Å². The summed E-state index contributed by atoms with van der Waals surface area (Å²) >= 11 is 0. The summed E-state index contributed by atoms with van der Waals surface area (Å²) in [6.45, 7) is 9.80. The second-order valence-corrected chi connectivity index (χ2v) is 10.1. The molecule has 2 aliphatic heterocycles. The molecule has 2 amide bonds. The molecule has 3 heterocycles. The number of hydrogen-bond acceptors (Lipinski definition) is 7. The Bertz CT molecular complexity index is 1040. The molecule has 1 aromatic carbocycles. The Balaban J connectivity index is 1.40. The molecule has 2 fully saturated rings. The highest BCUT2D eigenvalue weighted by molar-refractivity contribution is 5.92. The maximum absolute atomic E-state index is 12.3. The highest BCUT2D eigenvalue weighted by Gasteiger charge is 2.27. The average molecular weight is 482 g/mol. The molecular formula is C26H35N5O4. The number of carbonyl (C=O) groups excluding carboxylic acids is 2. The van der Waals surface area contributed by atoms with Crippen molar-refractivity contribution >= 4 is 17.8 Å². The number of nitrogens with zero attached hydrogens (tertiary/aromatic N) is 4. The van der Waals surface area contributed by atoms with Crippen LogP contribution in [0.5, 0.6) is 0 Å². The summed E-state index contributed by atoms with van der Waals surface area (Å²) in [5.41, 5.74) is 8.17. The van der Waals surface area contributed by atoms with Crippen LogP contribution in [0.1, 0.15) is 66.8 Å². The average Bonchev–Trinajstić information content (AvgIpc) is 2.84. The van der Waals surface area contributed by atoms with Crippen molar-refractivity contribution in [1.29, 1.82) is 0 Å². The molecule has 0 aliphatic carbocycles. The highest BCUT2D eigenvalue weighted by Crippen LogP contribution is 2.29. The zero-order valence-corrected chi connectivity index (χ0v) is 20.8. The molecule has 0 spiro atoms. The Morgan fingerprint density at radius 1 is 1.09 bits per heavy atom. The first-order valence-electron chi connectivity index (χ1n) is 12.2. The van der Waals surface area contributed by atoms with E-state index < -0.39 is 11.5 Å². The Labute approximate surface area is 206 Å². The Kier molecular flexibility index (Phi) is 7.54. The van der Waals surface area contributed by atoms with Gasteiger partial charge in [0.1, 0.15) is 17.1 Å². The largest absolute Gasteiger partial charge is 0.444 e. The van der Waals surface area contributed by atoms with Crippen LogP contribution < -0.4 is 10.6 Å². The number of ether oxygens (including phenoxy) is 2. The fraction of sp³-hybridized carbons (Fsp3) is 0.538. The van der Waals surface area contributed by atoms with Crippen LogP contribution in [0, 0.1) is 0 Å². The maximum atomic E-state index is 12.3. The molecule has 9 heteroatoms. The van der Waals surface area contributed by atoms with Crippen LogP contribution >= 0.6 is 0 Å². The lowest BCUT2D eigenvalue weighted by Crippen LogP contribution is -2.41. The smallest absolute Gasteiger partial charge is 0.410 e. The zero-order chi connectivity index (χ0) is 25.0. The molecule has 2 N–H and O–H groups in total. The van der Waals surface area contributed by atoms with Gasteiger partial charge in [0.15, 0.2) is 0 Å². The minimum absolute atomic E-state index is 0.209. The summed E-state index contributed by atoms with van der Waals surface area (Å²) in [4.78, 5) is 37.2. The molecule has 4 rings (SSSR count). The molecule has 0 radical (unpaired) electrons. The van der Waals surface area contributed by atoms with Gasteiger partial charge in [0.05, 0.1) is 25.1 Å². The van der Waals surface area contributed by atoms with Crippen molar-refractivity contribution in [3.05, 3.63) is 53.0 Å². The van der Waals surface area contributed by atoms with E-state index in [0.717, 1.165) is 37.3 Å². The molecule has 2 saturated heterocycles. The van der Waals surface area contributed by atoms with Crippen molar-refractivity contribution < 1.29 is 19.1 Å². The van der Waals surface area contributed by atoms with Gasteiger partial charge in [-0.1, -0.05) is 24.3 Å². The lowest BCUT2D eigenvalue weighted by atomic mass is 9.89. The van der Waals surface area contributed by atoms with Crippen molar-refractivity contribution in [2.24, 2.45) is 5.73 Å². The van der Waals surface area contributed by atoms with Gasteiger partial charge in [-0.2, -0.15) is 0 Å². The lowest BCUT2D eigenvalue weighted by Gasteiger charge is -2.33. The Morgan fingerprint density at radius 3 is 2.34 bits per heavy atom. The second kappa shape index (κ2) is 10.6. The van der Waals surface area contributed by atoms with Gasteiger partial charge in [-0.3, -0.25) is 4.79 Å². The number of morpholine rings is 1. The number of carbonyl (C=O) groups is 2. The summed E-state index contributed by atoms with van der Waals surface area (Å²) < 4.78 is 10.9. The molecule has 9 nitrogen and oxygen atoms in total. The van der Waals surface area contributed by atoms with Gasteiger partial charge in [0.25, 0.3) is 5.91 Å². The zero-order valence-electron chi connectivity index (χ0n) is 20.8. The minimum atomic E-state index is -0.575. The van der Waals surface area contributed by atoms with E-state index in [2.05, 4.69) is 34.1 Å². The first-order chi connectivity index (χ1) is 16.7. The van der Waals surface area contributed by atoms with Gasteiger partial charge in [-0.25, -0.2) is 14.8 Å². The quantitative estimate of drug-likeness (QED) is 0.698. The number of rotatable bonds is 5. The number of anilines is 1. The van der Waals surface area contributed by atoms with Crippen molar-refractivity contribution in [3.63, 3.8) is 0 Å².